The van der Waals surface area contributed by atoms with Crippen molar-refractivity contribution in [2.24, 2.45) is 0 Å². The summed E-state index contributed by atoms with van der Waals surface area (Å²) in [5.41, 5.74) is 0.903. The molecule has 1 aromatic carbocycles. The molecule has 0 aliphatic heterocycles. The Bertz CT molecular complexity index is 518. The molecule has 0 heterocycles. The lowest BCUT2D eigenvalue weighted by Crippen LogP contribution is -2.32. The van der Waals surface area contributed by atoms with Crippen LogP contribution in [0.15, 0.2) is 30.3 Å². The Balaban J connectivity index is 2.39. The smallest absolute Gasteiger partial charge is 0.410 e. The van der Waals surface area contributed by atoms with E-state index in [4.69, 9.17) is 15.4 Å². The number of nitrogens with zero attached hydrogens (tertiary/aromatic N) is 1. The molecule has 0 aliphatic carbocycles. The van der Waals surface area contributed by atoms with Crippen LogP contribution in [0.25, 0.3) is 0 Å². The van der Waals surface area contributed by atoms with Crippen molar-refractivity contribution in [1.29, 1.82) is 0 Å². The molecule has 0 saturated carbocycles. The van der Waals surface area contributed by atoms with Gasteiger partial charge in [0.15, 0.2) is 0 Å². The van der Waals surface area contributed by atoms with Crippen molar-refractivity contribution in [2.75, 3.05) is 18.8 Å². The summed E-state index contributed by atoms with van der Waals surface area (Å²) in [7, 11) is 1.60. The van der Waals surface area contributed by atoms with E-state index in [2.05, 4.69) is 0 Å². The number of hydrogen-bond acceptors (Lipinski definition) is 4. The summed E-state index contributed by atoms with van der Waals surface area (Å²) in [5, 5.41) is 0. The second-order valence-electron chi connectivity index (χ2n) is 4.22. The van der Waals surface area contributed by atoms with Gasteiger partial charge in [0.25, 0.3) is 0 Å². The maximum absolute atomic E-state index is 11.8. The molecule has 7 heteroatoms. The number of halogens is 1. The summed E-state index contributed by atoms with van der Waals surface area (Å²) in [4.78, 5) is 13.3. The highest BCUT2D eigenvalue weighted by Crippen LogP contribution is 2.05. The van der Waals surface area contributed by atoms with E-state index in [0.29, 0.717) is 19.5 Å². The number of rotatable bonds is 7. The van der Waals surface area contributed by atoms with Gasteiger partial charge in [-0.15, -0.1) is 0 Å². The molecule has 0 bridgehead atoms. The van der Waals surface area contributed by atoms with Gasteiger partial charge in [0.1, 0.15) is 6.61 Å². The maximum atomic E-state index is 11.8. The van der Waals surface area contributed by atoms with Crippen molar-refractivity contribution < 1.29 is 17.9 Å². The van der Waals surface area contributed by atoms with Crippen LogP contribution in [0.3, 0.4) is 0 Å². The lowest BCUT2D eigenvalue weighted by molar-refractivity contribution is 0.0981. The first kappa shape index (κ1) is 16.8. The molecular formula is C13H18ClNO4S. The first-order valence-electron chi connectivity index (χ1n) is 6.30. The number of hydrogen-bond donors (Lipinski definition) is 0. The molecule has 5 nitrogen and oxygen atoms in total. The first-order chi connectivity index (χ1) is 9.42. The van der Waals surface area contributed by atoms with Gasteiger partial charge in [-0.1, -0.05) is 30.3 Å². The normalized spacial score (nSPS) is 11.1. The molecule has 0 aromatic heterocycles. The molecule has 0 unspecified atom stereocenters. The monoisotopic (exact) mass is 319 g/mol. The molecule has 1 amide bonds. The second-order valence-corrected chi connectivity index (χ2v) is 7.11. The van der Waals surface area contributed by atoms with Crippen LogP contribution >= 0.6 is 10.7 Å². The Morgan fingerprint density at radius 3 is 2.50 bits per heavy atom. The Morgan fingerprint density at radius 2 is 1.95 bits per heavy atom. The van der Waals surface area contributed by atoms with E-state index < -0.39 is 15.1 Å². The molecular weight excluding hydrogens is 302 g/mol. The van der Waals surface area contributed by atoms with Crippen LogP contribution in [0.4, 0.5) is 4.79 Å². The van der Waals surface area contributed by atoms with Gasteiger partial charge in [-0.2, -0.15) is 0 Å². The predicted molar refractivity (Wildman–Crippen MR) is 78.1 cm³/mol. The Labute approximate surface area is 123 Å². The highest BCUT2D eigenvalue weighted by Gasteiger charge is 2.14. The third-order valence-corrected chi connectivity index (χ3v) is 3.90. The van der Waals surface area contributed by atoms with Crippen LogP contribution in [0.2, 0.25) is 0 Å². The van der Waals surface area contributed by atoms with Crippen LogP contribution in [0, 0.1) is 0 Å². The quantitative estimate of drug-likeness (QED) is 0.725. The number of carbonyl (C=O) groups is 1. The summed E-state index contributed by atoms with van der Waals surface area (Å²) >= 11 is 0. The van der Waals surface area contributed by atoms with Gasteiger partial charge < -0.3 is 9.64 Å². The fraction of sp³-hybridized carbons (Fsp3) is 0.462. The van der Waals surface area contributed by atoms with Crippen molar-refractivity contribution in [3.8, 4) is 0 Å². The Morgan fingerprint density at radius 1 is 1.30 bits per heavy atom. The minimum absolute atomic E-state index is 0.156. The molecule has 0 spiro atoms. The maximum Gasteiger partial charge on any atom is 0.410 e. The van der Waals surface area contributed by atoms with Crippen LogP contribution < -0.4 is 0 Å². The van der Waals surface area contributed by atoms with Crippen LogP contribution in [0.5, 0.6) is 0 Å². The minimum atomic E-state index is -3.52. The molecule has 1 aromatic rings. The molecule has 0 N–H and O–H groups in total. The summed E-state index contributed by atoms with van der Waals surface area (Å²) in [6, 6.07) is 9.35. The highest BCUT2D eigenvalue weighted by atomic mass is 35.7. The number of amides is 1. The Hall–Kier alpha value is -1.27. The van der Waals surface area contributed by atoms with Crippen molar-refractivity contribution in [1.82, 2.24) is 4.90 Å². The van der Waals surface area contributed by atoms with E-state index >= 15 is 0 Å². The zero-order valence-electron chi connectivity index (χ0n) is 11.3. The zero-order chi connectivity index (χ0) is 15.0. The van der Waals surface area contributed by atoms with Crippen molar-refractivity contribution >= 4 is 25.8 Å². The lowest BCUT2D eigenvalue weighted by atomic mass is 10.2. The van der Waals surface area contributed by atoms with E-state index in [1.54, 1.807) is 6.92 Å². The van der Waals surface area contributed by atoms with Gasteiger partial charge in [0.05, 0.1) is 5.75 Å². The predicted octanol–water partition coefficient (Wildman–Crippen LogP) is 2.60. The lowest BCUT2D eigenvalue weighted by Gasteiger charge is -2.20. The molecule has 0 fully saturated rings. The zero-order valence-corrected chi connectivity index (χ0v) is 12.9. The van der Waals surface area contributed by atoms with E-state index in [1.165, 1.54) is 4.90 Å². The van der Waals surface area contributed by atoms with Crippen LogP contribution in [-0.4, -0.2) is 38.3 Å². The van der Waals surface area contributed by atoms with Crippen molar-refractivity contribution in [2.45, 2.75) is 20.0 Å². The molecule has 20 heavy (non-hydrogen) atoms. The Kier molecular flexibility index (Phi) is 6.81. The van der Waals surface area contributed by atoms with Gasteiger partial charge in [-0.25, -0.2) is 13.2 Å². The number of ether oxygens (including phenoxy) is 1. The topological polar surface area (TPSA) is 63.7 Å². The number of benzene rings is 1. The van der Waals surface area contributed by atoms with E-state index in [0.717, 1.165) is 5.56 Å². The van der Waals surface area contributed by atoms with Crippen LogP contribution in [-0.2, 0) is 20.4 Å². The van der Waals surface area contributed by atoms with Crippen LogP contribution in [0.1, 0.15) is 18.9 Å². The molecule has 1 rings (SSSR count). The molecule has 0 atom stereocenters. The average molecular weight is 320 g/mol. The molecule has 112 valence electrons. The molecule has 0 aliphatic rings. The van der Waals surface area contributed by atoms with Crippen molar-refractivity contribution in [3.05, 3.63) is 35.9 Å². The third-order valence-electron chi connectivity index (χ3n) is 2.66. The standard InChI is InChI=1S/C13H18ClNO4S/c1-2-15(9-6-10-20(14,17)18)13(16)19-11-12-7-4-3-5-8-12/h3-5,7-8H,2,6,9-11H2,1H3. The molecule has 0 saturated heterocycles. The van der Waals surface area contributed by atoms with Gasteiger partial charge in [0.2, 0.25) is 9.05 Å². The fourth-order valence-corrected chi connectivity index (χ4v) is 2.42. The van der Waals surface area contributed by atoms with Gasteiger partial charge >= 0.3 is 6.09 Å². The summed E-state index contributed by atoms with van der Waals surface area (Å²) in [5.74, 6) is -0.156. The first-order valence-corrected chi connectivity index (χ1v) is 8.78. The summed E-state index contributed by atoms with van der Waals surface area (Å²) in [6.07, 6.45) is -0.163. The summed E-state index contributed by atoms with van der Waals surface area (Å²) < 4.78 is 26.8. The molecule has 0 radical (unpaired) electrons. The third kappa shape index (κ3) is 6.77. The van der Waals surface area contributed by atoms with Gasteiger partial charge in [-0.05, 0) is 18.9 Å². The van der Waals surface area contributed by atoms with E-state index in [1.807, 2.05) is 30.3 Å². The fourth-order valence-electron chi connectivity index (χ4n) is 1.62. The average Bonchev–Trinajstić information content (AvgIpc) is 2.41. The second kappa shape index (κ2) is 8.11. The minimum Gasteiger partial charge on any atom is -0.445 e. The van der Waals surface area contributed by atoms with E-state index in [-0.39, 0.29) is 12.4 Å². The largest absolute Gasteiger partial charge is 0.445 e. The van der Waals surface area contributed by atoms with Crippen molar-refractivity contribution in [3.63, 3.8) is 0 Å². The number of carbonyl (C=O) groups excluding carboxylic acids is 1. The highest BCUT2D eigenvalue weighted by molar-refractivity contribution is 8.13. The summed E-state index contributed by atoms with van der Waals surface area (Å²) in [6.45, 7) is 2.76. The van der Waals surface area contributed by atoms with E-state index in [9.17, 15) is 13.2 Å². The van der Waals surface area contributed by atoms with Gasteiger partial charge in [0, 0.05) is 23.8 Å². The van der Waals surface area contributed by atoms with Gasteiger partial charge in [-0.3, -0.25) is 0 Å². The SMILES string of the molecule is CCN(CCCS(=O)(=O)Cl)C(=O)OCc1ccccc1.